The average molecular weight is 834 g/mol. The Morgan fingerprint density at radius 1 is 0.391 bits per heavy atom. The summed E-state index contributed by atoms with van der Waals surface area (Å²) in [7, 11) is 0. The Morgan fingerprint density at radius 3 is 1.55 bits per heavy atom. The van der Waals surface area contributed by atoms with E-state index in [1.807, 2.05) is 11.3 Å². The molecule has 0 radical (unpaired) electrons. The van der Waals surface area contributed by atoms with Gasteiger partial charge < -0.3 is 4.90 Å². The van der Waals surface area contributed by atoms with Gasteiger partial charge in [-0.2, -0.15) is 0 Å². The zero-order valence-corrected chi connectivity index (χ0v) is 36.5. The first-order valence-electron chi connectivity index (χ1n) is 22.3. The molecule has 13 rings (SSSR count). The van der Waals surface area contributed by atoms with Crippen molar-refractivity contribution in [1.29, 1.82) is 0 Å². The summed E-state index contributed by atoms with van der Waals surface area (Å²) in [6.07, 6.45) is 0. The maximum absolute atomic E-state index is 2.62. The van der Waals surface area contributed by atoms with Gasteiger partial charge in [-0.1, -0.05) is 208 Å². The van der Waals surface area contributed by atoms with Gasteiger partial charge in [0, 0.05) is 47.9 Å². The number of nitrogens with zero attached hydrogens (tertiary/aromatic N) is 1. The smallest absolute Gasteiger partial charge is 0.0714 e. The summed E-state index contributed by atoms with van der Waals surface area (Å²) in [6, 6.07) is 84.1. The number of thiophene rings is 1. The highest BCUT2D eigenvalue weighted by Crippen LogP contribution is 2.60. The van der Waals surface area contributed by atoms with Crippen LogP contribution in [-0.4, -0.2) is 0 Å². The van der Waals surface area contributed by atoms with Crippen LogP contribution in [0.5, 0.6) is 0 Å². The molecule has 302 valence electrons. The van der Waals surface area contributed by atoms with Crippen LogP contribution in [0.15, 0.2) is 224 Å². The molecule has 0 unspecified atom stereocenters. The van der Waals surface area contributed by atoms with Gasteiger partial charge in [0.2, 0.25) is 0 Å². The molecule has 0 fully saturated rings. The first-order chi connectivity index (χ1) is 31.5. The molecule has 0 N–H and O–H groups in total. The van der Waals surface area contributed by atoms with Crippen molar-refractivity contribution in [3.63, 3.8) is 0 Å². The monoisotopic (exact) mass is 833 g/mol. The molecule has 2 heteroatoms. The van der Waals surface area contributed by atoms with E-state index in [0.29, 0.717) is 0 Å². The quantitative estimate of drug-likeness (QED) is 0.161. The molecular weight excluding hydrogens is 791 g/mol. The summed E-state index contributed by atoms with van der Waals surface area (Å²) in [6.45, 7) is 4.78. The second kappa shape index (κ2) is 14.0. The van der Waals surface area contributed by atoms with Gasteiger partial charge in [0.25, 0.3) is 0 Å². The molecule has 0 saturated heterocycles. The lowest BCUT2D eigenvalue weighted by molar-refractivity contribution is 0.660. The summed E-state index contributed by atoms with van der Waals surface area (Å²) < 4.78 is 2.60. The lowest BCUT2D eigenvalue weighted by atomic mass is 9.67. The highest BCUT2D eigenvalue weighted by Gasteiger charge is 2.46. The van der Waals surface area contributed by atoms with E-state index >= 15 is 0 Å². The van der Waals surface area contributed by atoms with Crippen molar-refractivity contribution in [3.8, 4) is 33.4 Å². The fourth-order valence-corrected chi connectivity index (χ4v) is 12.8. The molecular formula is C62H43NS. The van der Waals surface area contributed by atoms with Crippen molar-refractivity contribution in [1.82, 2.24) is 0 Å². The van der Waals surface area contributed by atoms with E-state index in [1.165, 1.54) is 103 Å². The van der Waals surface area contributed by atoms with Gasteiger partial charge in [0.1, 0.15) is 0 Å². The molecule has 1 nitrogen and oxygen atoms in total. The van der Waals surface area contributed by atoms with E-state index in [1.54, 1.807) is 0 Å². The molecule has 0 bridgehead atoms. The third kappa shape index (κ3) is 5.12. The minimum Gasteiger partial charge on any atom is -0.309 e. The summed E-state index contributed by atoms with van der Waals surface area (Å²) in [5, 5.41) is 5.08. The zero-order chi connectivity index (χ0) is 42.6. The second-order valence-corrected chi connectivity index (χ2v) is 19.0. The number of fused-ring (bicyclic) bond motifs is 11. The van der Waals surface area contributed by atoms with Gasteiger partial charge in [0.05, 0.1) is 11.1 Å². The Morgan fingerprint density at radius 2 is 0.875 bits per heavy atom. The molecule has 11 aromatic rings. The van der Waals surface area contributed by atoms with Crippen LogP contribution in [-0.2, 0) is 10.8 Å². The molecule has 1 aromatic heterocycles. The lowest BCUT2D eigenvalue weighted by Gasteiger charge is -2.35. The molecule has 1 heterocycles. The van der Waals surface area contributed by atoms with E-state index in [0.717, 1.165) is 11.4 Å². The fourth-order valence-electron chi connectivity index (χ4n) is 11.6. The Bertz CT molecular complexity index is 3600. The van der Waals surface area contributed by atoms with Crippen LogP contribution in [0.4, 0.5) is 17.1 Å². The van der Waals surface area contributed by atoms with E-state index < -0.39 is 5.41 Å². The predicted molar refractivity (Wildman–Crippen MR) is 272 cm³/mol. The standard InChI is InChI=1S/C62H43NS/c1-61(2)52-31-17-14-26-45(52)47-36-34-43(38-54(47)61)63(59-57(40-20-6-3-7-21-40)49-28-12-13-29-50(49)60-58(59)51-30-16-19-33-56(51)64-60)44-35-37-48-46-27-15-18-32-53(46)62(55(48)39-44,41-22-8-4-9-23-41)42-24-10-5-11-25-42/h3-39H,1-2H3. The van der Waals surface area contributed by atoms with Crippen LogP contribution < -0.4 is 4.90 Å². The number of hydrogen-bond donors (Lipinski definition) is 0. The molecule has 0 spiro atoms. The van der Waals surface area contributed by atoms with Gasteiger partial charge in [0.15, 0.2) is 0 Å². The van der Waals surface area contributed by atoms with E-state index in [9.17, 15) is 0 Å². The molecule has 10 aromatic carbocycles. The van der Waals surface area contributed by atoms with Crippen molar-refractivity contribution < 1.29 is 0 Å². The second-order valence-electron chi connectivity index (χ2n) is 17.9. The van der Waals surface area contributed by atoms with Gasteiger partial charge in [-0.15, -0.1) is 11.3 Å². The molecule has 0 atom stereocenters. The number of anilines is 3. The predicted octanol–water partition coefficient (Wildman–Crippen LogP) is 17.0. The fraction of sp³-hybridized carbons (Fsp3) is 0.0645. The Hall–Kier alpha value is -7.52. The molecule has 0 amide bonds. The van der Waals surface area contributed by atoms with Crippen molar-refractivity contribution in [2.75, 3.05) is 4.90 Å². The highest BCUT2D eigenvalue weighted by molar-refractivity contribution is 7.26. The molecule has 0 aliphatic heterocycles. The lowest BCUT2D eigenvalue weighted by Crippen LogP contribution is -2.28. The maximum Gasteiger partial charge on any atom is 0.0714 e. The molecule has 2 aliphatic carbocycles. The van der Waals surface area contributed by atoms with E-state index in [4.69, 9.17) is 0 Å². The average Bonchev–Trinajstić information content (AvgIpc) is 3.97. The maximum atomic E-state index is 2.62. The van der Waals surface area contributed by atoms with Crippen LogP contribution >= 0.6 is 11.3 Å². The van der Waals surface area contributed by atoms with Crippen LogP contribution in [0.25, 0.3) is 64.3 Å². The zero-order valence-electron chi connectivity index (χ0n) is 35.7. The van der Waals surface area contributed by atoms with Crippen molar-refractivity contribution in [3.05, 3.63) is 258 Å². The summed E-state index contributed by atoms with van der Waals surface area (Å²) in [5.74, 6) is 0. The normalized spacial score (nSPS) is 14.0. The number of rotatable bonds is 6. The van der Waals surface area contributed by atoms with E-state index in [2.05, 4.69) is 243 Å². The van der Waals surface area contributed by atoms with Crippen molar-refractivity contribution >= 4 is 59.3 Å². The van der Waals surface area contributed by atoms with Crippen LogP contribution in [0.3, 0.4) is 0 Å². The largest absolute Gasteiger partial charge is 0.309 e. The van der Waals surface area contributed by atoms with Gasteiger partial charge >= 0.3 is 0 Å². The summed E-state index contributed by atoms with van der Waals surface area (Å²) in [4.78, 5) is 2.62. The van der Waals surface area contributed by atoms with Crippen LogP contribution in [0.2, 0.25) is 0 Å². The topological polar surface area (TPSA) is 3.24 Å². The van der Waals surface area contributed by atoms with Crippen molar-refractivity contribution in [2.24, 2.45) is 0 Å². The SMILES string of the molecule is CC1(C)c2ccccc2-c2ccc(N(c3ccc4c(c3)C(c3ccccc3)(c3ccccc3)c3ccccc3-4)c3c(-c4ccccc4)c4ccccc4c4sc5ccccc5c34)cc21. The third-order valence-corrected chi connectivity index (χ3v) is 15.5. The summed E-state index contributed by atoms with van der Waals surface area (Å²) in [5.41, 5.74) is 18.2. The number of hydrogen-bond acceptors (Lipinski definition) is 2. The summed E-state index contributed by atoms with van der Waals surface area (Å²) >= 11 is 1.91. The Balaban J connectivity index is 1.20. The Kier molecular flexibility index (Phi) is 8.11. The minimum atomic E-state index is -0.548. The van der Waals surface area contributed by atoms with E-state index in [-0.39, 0.29) is 5.41 Å². The van der Waals surface area contributed by atoms with Gasteiger partial charge in [-0.25, -0.2) is 0 Å². The molecule has 64 heavy (non-hydrogen) atoms. The van der Waals surface area contributed by atoms with Gasteiger partial charge in [-0.3, -0.25) is 0 Å². The highest BCUT2D eigenvalue weighted by atomic mass is 32.1. The van der Waals surface area contributed by atoms with Crippen LogP contribution in [0.1, 0.15) is 47.2 Å². The number of benzene rings is 10. The first-order valence-corrected chi connectivity index (χ1v) is 23.2. The molecule has 0 saturated carbocycles. The third-order valence-electron chi connectivity index (χ3n) is 14.3. The van der Waals surface area contributed by atoms with Gasteiger partial charge in [-0.05, 0) is 96.9 Å². The van der Waals surface area contributed by atoms with Crippen molar-refractivity contribution in [2.45, 2.75) is 24.7 Å². The molecule has 2 aliphatic rings. The minimum absolute atomic E-state index is 0.182. The Labute approximate surface area is 378 Å². The van der Waals surface area contributed by atoms with Crippen LogP contribution in [0, 0.1) is 0 Å². The first kappa shape index (κ1) is 37.1.